The van der Waals surface area contributed by atoms with Gasteiger partial charge in [-0.2, -0.15) is 0 Å². The van der Waals surface area contributed by atoms with Crippen molar-refractivity contribution in [1.29, 1.82) is 0 Å². The van der Waals surface area contributed by atoms with Crippen LogP contribution in [0.15, 0.2) is 60.4 Å². The Hall–Kier alpha value is -6.80. The molecule has 8 bridgehead atoms. The minimum absolute atomic E-state index is 0.000503. The first-order valence-corrected chi connectivity index (χ1v) is 21.1. The van der Waals surface area contributed by atoms with Crippen LogP contribution >= 0.6 is 0 Å². The van der Waals surface area contributed by atoms with Crippen molar-refractivity contribution in [3.05, 3.63) is 45.5 Å². The van der Waals surface area contributed by atoms with Crippen LogP contribution in [0.25, 0.3) is 0 Å². The summed E-state index contributed by atoms with van der Waals surface area (Å²) < 4.78 is 0. The van der Waals surface area contributed by atoms with Gasteiger partial charge in [0.15, 0.2) is 5.78 Å². The summed E-state index contributed by atoms with van der Waals surface area (Å²) in [6, 6.07) is 0. The van der Waals surface area contributed by atoms with Gasteiger partial charge in [0.05, 0.1) is 16.9 Å². The maximum Gasteiger partial charge on any atom is 0.161 e. The van der Waals surface area contributed by atoms with Gasteiger partial charge in [-0.3, -0.25) is 19.8 Å². The van der Waals surface area contributed by atoms with Crippen molar-refractivity contribution in [1.82, 2.24) is 5.32 Å². The van der Waals surface area contributed by atoms with E-state index in [9.17, 15) is 84.0 Å². The summed E-state index contributed by atoms with van der Waals surface area (Å²) in [5, 5.41) is 102. The quantitative estimate of drug-likeness (QED) is 0.112. The van der Waals surface area contributed by atoms with E-state index in [1.165, 1.54) is 33.8 Å². The van der Waals surface area contributed by atoms with E-state index in [0.29, 0.717) is 0 Å². The predicted molar refractivity (Wildman–Crippen MR) is 209 cm³/mol. The molecule has 0 saturated carbocycles. The highest BCUT2D eigenvalue weighted by Crippen LogP contribution is 2.61. The minimum atomic E-state index is -2.47. The van der Waals surface area contributed by atoms with Gasteiger partial charge in [-0.05, 0) is 107 Å². The Morgan fingerprint density at radius 2 is 1.21 bits per heavy atom. The van der Waals surface area contributed by atoms with E-state index in [1.807, 2.05) is 0 Å². The van der Waals surface area contributed by atoms with Crippen molar-refractivity contribution in [3.63, 3.8) is 0 Å². The number of carboxylic acids is 8. The van der Waals surface area contributed by atoms with Crippen LogP contribution < -0.4 is 46.2 Å². The molecular weight excluding hydrogens is 869 g/mol. The number of carboxylic acid groups (broad SMARTS) is 8. The highest BCUT2D eigenvalue weighted by Gasteiger charge is 2.66. The van der Waals surface area contributed by atoms with E-state index < -0.39 is 182 Å². The van der Waals surface area contributed by atoms with Crippen LogP contribution in [-0.4, -0.2) is 81.8 Å². The van der Waals surface area contributed by atoms with Crippen molar-refractivity contribution >= 4 is 70.7 Å². The van der Waals surface area contributed by atoms with Gasteiger partial charge in [-0.15, -0.1) is 0 Å². The topological polar surface area (TPSA) is 387 Å². The predicted octanol–water partition coefficient (Wildman–Crippen LogP) is -6.16. The molecule has 21 nitrogen and oxygen atoms in total. The lowest BCUT2D eigenvalue weighted by Crippen LogP contribution is -2.59. The number of aliphatic imine (C=N–C) groups is 3. The van der Waals surface area contributed by atoms with Gasteiger partial charge in [-0.1, -0.05) is 13.8 Å². The van der Waals surface area contributed by atoms with E-state index in [-0.39, 0.29) is 50.8 Å². The molecule has 1 fully saturated rings. The van der Waals surface area contributed by atoms with E-state index in [1.54, 1.807) is 0 Å². The van der Waals surface area contributed by atoms with Crippen LogP contribution in [0.2, 0.25) is 0 Å². The molecule has 0 aliphatic carbocycles. The number of carbonyl (C=O) groups is 9. The Morgan fingerprint density at radius 3 is 1.74 bits per heavy atom. The summed E-state index contributed by atoms with van der Waals surface area (Å²) in [4.78, 5) is 128. The maximum atomic E-state index is 14.8. The molecule has 1 saturated heterocycles. The lowest BCUT2D eigenvalue weighted by atomic mass is 9.59. The van der Waals surface area contributed by atoms with Crippen LogP contribution in [0.3, 0.4) is 0 Å². The average molecular weight is 915 g/mol. The highest BCUT2D eigenvalue weighted by atomic mass is 16.4. The first-order valence-electron chi connectivity index (χ1n) is 21.1. The van der Waals surface area contributed by atoms with E-state index in [0.717, 1.165) is 6.92 Å². The molecule has 0 aromatic heterocycles. The summed E-state index contributed by atoms with van der Waals surface area (Å²) in [5.74, 6) is -15.4. The molecule has 5 heterocycles. The lowest BCUT2D eigenvalue weighted by molar-refractivity contribution is -0.310. The Balaban J connectivity index is 2.05. The smallest absolute Gasteiger partial charge is 0.161 e. The Labute approximate surface area is 377 Å². The molecule has 1 unspecified atom stereocenters. The van der Waals surface area contributed by atoms with Gasteiger partial charge in [0.1, 0.15) is 5.54 Å². The number of carbonyl (C=O) groups excluding carboxylic acids is 9. The van der Waals surface area contributed by atoms with Crippen molar-refractivity contribution in [2.75, 3.05) is 0 Å². The molecule has 0 spiro atoms. The number of hydrogen-bond acceptors (Lipinski definition) is 21. The van der Waals surface area contributed by atoms with Crippen molar-refractivity contribution < 1.29 is 84.0 Å². The third kappa shape index (κ3) is 9.19. The number of ketones is 1. The highest BCUT2D eigenvalue weighted by molar-refractivity contribution is 6.18. The van der Waals surface area contributed by atoms with E-state index >= 15 is 0 Å². The van der Waals surface area contributed by atoms with Crippen molar-refractivity contribution in [2.24, 2.45) is 37.1 Å². The molecule has 0 aromatic rings. The summed E-state index contributed by atoms with van der Waals surface area (Å²) >= 11 is 0. The second kappa shape index (κ2) is 18.2. The van der Waals surface area contributed by atoms with Crippen LogP contribution in [0.5, 0.6) is 0 Å². The maximum absolute atomic E-state index is 14.8. The monoisotopic (exact) mass is 914 g/mol. The van der Waals surface area contributed by atoms with Gasteiger partial charge >= 0.3 is 0 Å². The second-order valence-electron chi connectivity index (χ2n) is 18.3. The molecular formula is C45H46N4O17-8. The Kier molecular flexibility index (Phi) is 13.9. The van der Waals surface area contributed by atoms with Gasteiger partial charge in [-0.25, -0.2) is 0 Å². The minimum Gasteiger partial charge on any atom is -0.550 e. The number of nitrogens with zero attached hydrogens (tertiary/aromatic N) is 3. The Bertz CT molecular complexity index is 2460. The van der Waals surface area contributed by atoms with Crippen LogP contribution in [0, 0.1) is 22.2 Å². The van der Waals surface area contributed by atoms with Gasteiger partial charge < -0.3 is 84.5 Å². The van der Waals surface area contributed by atoms with E-state index in [4.69, 9.17) is 15.0 Å². The number of rotatable bonds is 21. The van der Waals surface area contributed by atoms with Crippen LogP contribution in [0.4, 0.5) is 0 Å². The zero-order valence-corrected chi connectivity index (χ0v) is 36.8. The van der Waals surface area contributed by atoms with Gasteiger partial charge in [0, 0.05) is 125 Å². The molecule has 5 aliphatic heterocycles. The van der Waals surface area contributed by atoms with Gasteiger partial charge in [0.25, 0.3) is 0 Å². The number of Topliss-reactive ketones (excluding diaryl/α,β-unsaturated/α-hetero) is 1. The number of nitrogens with one attached hydrogen (secondary N) is 1. The fourth-order valence-electron chi connectivity index (χ4n) is 10.9. The average Bonchev–Trinajstić information content (AvgIpc) is 3.75. The molecule has 1 N–H and O–H groups in total. The SMILES string of the molecule is CC(=O)[C@]12N/C(=C\C3=NC(=C(CCC(=O)[O-])[C@]3(C)CC(=O)[O-])CC3(C)N=C(CC4=NC1=C(CC(=O)[O-])[C@@]4(C)CCC(=O)[O-])C(CCC(=O)[O-])=C3CC(=O)[O-])[C@@H](CCC(=O)[O-])[C@]2(C)CC(=O)[O-]. The zero-order valence-electron chi connectivity index (χ0n) is 36.8. The Morgan fingerprint density at radius 1 is 0.652 bits per heavy atom. The van der Waals surface area contributed by atoms with Crippen LogP contribution in [-0.2, 0) is 43.2 Å². The standard InChI is InChI=1S/C45H54N4O17/c1-21(50)45-40-26(15-37(61)62)41(2,13-12-35(57)58)30(47-40)16-27-22(6-9-32(51)52)25(14-36(59)60)44(5,48-27)18-29-23(7-10-33(53)54)42(3,19-38(63)64)31(46-29)17-28(49-45)24(8-11-34(55)56)43(45,4)20-39(65)66/h17,24,49H,6-16,18-20H2,1-5H3,(H,51,52)(H,53,54)(H,55,56)(H,57,58)(H,59,60)(H,61,62)(H,63,64)(H,65,66)/p-8/b28-17-/t24-,41-,42+,43+,44?,45+/m1/s1. The fourth-order valence-corrected chi connectivity index (χ4v) is 10.9. The second-order valence-corrected chi connectivity index (χ2v) is 18.3. The third-order valence-electron chi connectivity index (χ3n) is 14.0. The molecule has 0 amide bonds. The number of allylic oxidation sites excluding steroid dienone is 4. The molecule has 356 valence electrons. The van der Waals surface area contributed by atoms with Crippen LogP contribution in [0.1, 0.15) is 125 Å². The van der Waals surface area contributed by atoms with Gasteiger partial charge in [0.2, 0.25) is 0 Å². The van der Waals surface area contributed by atoms with Crippen molar-refractivity contribution in [2.45, 2.75) is 136 Å². The first kappa shape index (κ1) is 50.2. The van der Waals surface area contributed by atoms with Crippen molar-refractivity contribution in [3.8, 4) is 0 Å². The summed E-state index contributed by atoms with van der Waals surface area (Å²) in [6.45, 7) is 6.57. The molecule has 21 heteroatoms. The normalized spacial score (nSPS) is 29.7. The van der Waals surface area contributed by atoms with E-state index in [2.05, 4.69) is 5.32 Å². The molecule has 5 aliphatic rings. The summed E-state index contributed by atoms with van der Waals surface area (Å²) in [7, 11) is 0. The number of aliphatic carboxylic acids is 8. The molecule has 6 atom stereocenters. The largest absolute Gasteiger partial charge is 0.550 e. The zero-order chi connectivity index (χ0) is 49.5. The molecule has 66 heavy (non-hydrogen) atoms. The molecule has 0 radical (unpaired) electrons. The summed E-state index contributed by atoms with van der Waals surface area (Å²) in [6.07, 6.45) is -8.16. The molecule has 0 aromatic carbocycles. The number of hydrogen-bond donors (Lipinski definition) is 1. The first-order chi connectivity index (χ1) is 30.5. The third-order valence-corrected chi connectivity index (χ3v) is 14.0. The molecule has 5 rings (SSSR count). The lowest BCUT2D eigenvalue weighted by Gasteiger charge is -2.45. The number of fused-ring (bicyclic) bond motifs is 6. The summed E-state index contributed by atoms with van der Waals surface area (Å²) in [5.41, 5.74) is -10.8. The fraction of sp³-hybridized carbons (Fsp3) is 0.556.